The van der Waals surface area contributed by atoms with Crippen molar-refractivity contribution in [3.63, 3.8) is 0 Å². The predicted molar refractivity (Wildman–Crippen MR) is 95.1 cm³/mol. The highest BCUT2D eigenvalue weighted by molar-refractivity contribution is 7.07. The number of thiazole rings is 1. The molecule has 126 valence electrons. The van der Waals surface area contributed by atoms with Crippen LogP contribution in [0.1, 0.15) is 6.92 Å². The molecule has 1 aromatic heterocycles. The highest BCUT2D eigenvalue weighted by atomic mass is 32.1. The largest absolute Gasteiger partial charge is 0.284 e. The highest BCUT2D eigenvalue weighted by Gasteiger charge is 2.13. The van der Waals surface area contributed by atoms with Gasteiger partial charge in [-0.3, -0.25) is 19.5 Å². The van der Waals surface area contributed by atoms with Crippen LogP contribution in [0.25, 0.3) is 16.9 Å². The van der Waals surface area contributed by atoms with Crippen molar-refractivity contribution in [2.24, 2.45) is 5.10 Å². The number of carbonyl (C=O) groups is 1. The summed E-state index contributed by atoms with van der Waals surface area (Å²) < 4.78 is 1.85. The number of nitro groups is 1. The van der Waals surface area contributed by atoms with Crippen molar-refractivity contribution in [2.45, 2.75) is 6.92 Å². The molecule has 8 heteroatoms. The summed E-state index contributed by atoms with van der Waals surface area (Å²) in [5, 5.41) is 17.0. The minimum atomic E-state index is -0.425. The van der Waals surface area contributed by atoms with Gasteiger partial charge in [-0.1, -0.05) is 30.3 Å². The number of amides is 1. The number of carbonyl (C=O) groups excluding carboxylic acids is 1. The SMILES string of the molecule is CC(=O)N/N=c1/scc(-c2cccc([N+](=O)[O-])c2)n1-c1ccccc1. The van der Waals surface area contributed by atoms with Gasteiger partial charge in [0.05, 0.1) is 10.6 Å². The number of hydrogen-bond acceptors (Lipinski definition) is 5. The number of nitrogens with zero attached hydrogens (tertiary/aromatic N) is 3. The molecule has 3 rings (SSSR count). The molecule has 0 aliphatic rings. The van der Waals surface area contributed by atoms with Gasteiger partial charge >= 0.3 is 0 Å². The van der Waals surface area contributed by atoms with Crippen LogP contribution in [0.3, 0.4) is 0 Å². The molecule has 0 unspecified atom stereocenters. The van der Waals surface area contributed by atoms with E-state index < -0.39 is 4.92 Å². The molecule has 0 atom stereocenters. The maximum Gasteiger partial charge on any atom is 0.270 e. The molecule has 0 aliphatic heterocycles. The molecule has 1 heterocycles. The van der Waals surface area contributed by atoms with Crippen LogP contribution in [-0.4, -0.2) is 15.4 Å². The minimum absolute atomic E-state index is 0.0173. The molecule has 0 fully saturated rings. The molecule has 0 saturated heterocycles. The monoisotopic (exact) mass is 354 g/mol. The van der Waals surface area contributed by atoms with Gasteiger partial charge in [-0.25, -0.2) is 5.43 Å². The second-order valence-electron chi connectivity index (χ2n) is 5.16. The zero-order valence-electron chi connectivity index (χ0n) is 13.2. The Bertz CT molecular complexity index is 992. The third kappa shape index (κ3) is 3.64. The Balaban J connectivity index is 2.21. The molecule has 3 aromatic rings. The third-order valence-electron chi connectivity index (χ3n) is 3.38. The second-order valence-corrected chi connectivity index (χ2v) is 6.00. The van der Waals surface area contributed by atoms with Crippen molar-refractivity contribution in [1.82, 2.24) is 9.99 Å². The summed E-state index contributed by atoms with van der Waals surface area (Å²) in [6.45, 7) is 1.38. The zero-order chi connectivity index (χ0) is 17.8. The first-order valence-corrected chi connectivity index (χ1v) is 8.25. The van der Waals surface area contributed by atoms with Crippen LogP contribution in [-0.2, 0) is 4.79 Å². The Labute approximate surface area is 147 Å². The normalized spacial score (nSPS) is 11.3. The van der Waals surface area contributed by atoms with Gasteiger partial charge in [0.15, 0.2) is 0 Å². The minimum Gasteiger partial charge on any atom is -0.284 e. The molecular weight excluding hydrogens is 340 g/mol. The summed E-state index contributed by atoms with van der Waals surface area (Å²) in [7, 11) is 0. The standard InChI is InChI=1S/C17H14N4O3S/c1-12(22)18-19-17-20(14-7-3-2-4-8-14)16(11-25-17)13-6-5-9-15(10-13)21(23)24/h2-11H,1H3,(H,18,22)/b19-17+. The number of rotatable bonds is 4. The van der Waals surface area contributed by atoms with E-state index >= 15 is 0 Å². The zero-order valence-corrected chi connectivity index (χ0v) is 14.1. The van der Waals surface area contributed by atoms with Crippen molar-refractivity contribution >= 4 is 22.9 Å². The van der Waals surface area contributed by atoms with E-state index in [4.69, 9.17) is 0 Å². The fourth-order valence-electron chi connectivity index (χ4n) is 2.32. The Morgan fingerprint density at radius 1 is 1.20 bits per heavy atom. The summed E-state index contributed by atoms with van der Waals surface area (Å²) in [5.41, 5.74) is 4.74. The molecule has 0 spiro atoms. The van der Waals surface area contributed by atoms with E-state index in [2.05, 4.69) is 10.5 Å². The molecule has 2 aromatic carbocycles. The molecule has 0 radical (unpaired) electrons. The topological polar surface area (TPSA) is 89.5 Å². The number of nitrogens with one attached hydrogen (secondary N) is 1. The third-order valence-corrected chi connectivity index (χ3v) is 4.21. The lowest BCUT2D eigenvalue weighted by atomic mass is 10.1. The second kappa shape index (κ2) is 7.10. The number of nitro benzene ring substituents is 1. The van der Waals surface area contributed by atoms with Gasteiger partial charge in [-0.15, -0.1) is 16.4 Å². The maximum absolute atomic E-state index is 11.2. The fourth-order valence-corrected chi connectivity index (χ4v) is 3.19. The van der Waals surface area contributed by atoms with Crippen molar-refractivity contribution < 1.29 is 9.72 Å². The van der Waals surface area contributed by atoms with Crippen LogP contribution >= 0.6 is 11.3 Å². The van der Waals surface area contributed by atoms with E-state index in [1.54, 1.807) is 12.1 Å². The molecular formula is C17H14N4O3S. The summed E-state index contributed by atoms with van der Waals surface area (Å²) >= 11 is 1.33. The highest BCUT2D eigenvalue weighted by Crippen LogP contribution is 2.26. The van der Waals surface area contributed by atoms with Crippen molar-refractivity contribution in [3.8, 4) is 16.9 Å². The number of para-hydroxylation sites is 1. The van der Waals surface area contributed by atoms with Gasteiger partial charge in [0, 0.05) is 35.7 Å². The fraction of sp³-hybridized carbons (Fsp3) is 0.0588. The summed E-state index contributed by atoms with van der Waals surface area (Å²) in [5.74, 6) is -0.273. The van der Waals surface area contributed by atoms with Crippen molar-refractivity contribution in [1.29, 1.82) is 0 Å². The first kappa shape index (κ1) is 16.6. The summed E-state index contributed by atoms with van der Waals surface area (Å²) in [4.78, 5) is 22.4. The molecule has 0 saturated carbocycles. The van der Waals surface area contributed by atoms with Crippen LogP contribution in [0, 0.1) is 10.1 Å². The molecule has 7 nitrogen and oxygen atoms in total. The van der Waals surface area contributed by atoms with Gasteiger partial charge < -0.3 is 0 Å². The number of aromatic nitrogens is 1. The van der Waals surface area contributed by atoms with Crippen LogP contribution in [0.5, 0.6) is 0 Å². The van der Waals surface area contributed by atoms with E-state index in [1.165, 1.54) is 30.4 Å². The van der Waals surface area contributed by atoms with E-state index in [9.17, 15) is 14.9 Å². The molecule has 1 N–H and O–H groups in total. The van der Waals surface area contributed by atoms with Crippen LogP contribution in [0.4, 0.5) is 5.69 Å². The molecule has 25 heavy (non-hydrogen) atoms. The average Bonchev–Trinajstić information content (AvgIpc) is 3.04. The van der Waals surface area contributed by atoms with E-state index in [-0.39, 0.29) is 11.6 Å². The lowest BCUT2D eigenvalue weighted by Crippen LogP contribution is -2.22. The molecule has 1 amide bonds. The number of non-ortho nitro benzene ring substituents is 1. The van der Waals surface area contributed by atoms with E-state index in [0.717, 1.165) is 11.4 Å². The van der Waals surface area contributed by atoms with E-state index in [1.807, 2.05) is 40.3 Å². The lowest BCUT2D eigenvalue weighted by molar-refractivity contribution is -0.384. The Hall–Kier alpha value is -3.26. The lowest BCUT2D eigenvalue weighted by Gasteiger charge is -2.09. The van der Waals surface area contributed by atoms with Crippen LogP contribution in [0.2, 0.25) is 0 Å². The van der Waals surface area contributed by atoms with Crippen molar-refractivity contribution in [3.05, 3.63) is 74.9 Å². The quantitative estimate of drug-likeness (QED) is 0.577. The first-order chi connectivity index (χ1) is 12.1. The van der Waals surface area contributed by atoms with E-state index in [0.29, 0.717) is 10.4 Å². The van der Waals surface area contributed by atoms with Crippen LogP contribution < -0.4 is 10.2 Å². The van der Waals surface area contributed by atoms with Gasteiger partial charge in [0.2, 0.25) is 10.7 Å². The number of benzene rings is 2. The molecule has 0 aliphatic carbocycles. The summed E-state index contributed by atoms with van der Waals surface area (Å²) in [6, 6.07) is 15.9. The number of hydrogen-bond donors (Lipinski definition) is 1. The smallest absolute Gasteiger partial charge is 0.270 e. The maximum atomic E-state index is 11.2. The van der Waals surface area contributed by atoms with Crippen molar-refractivity contribution in [2.75, 3.05) is 0 Å². The van der Waals surface area contributed by atoms with Crippen LogP contribution in [0.15, 0.2) is 65.1 Å². The average molecular weight is 354 g/mol. The predicted octanol–water partition coefficient (Wildman–Crippen LogP) is 3.07. The Morgan fingerprint density at radius 2 is 1.96 bits per heavy atom. The van der Waals surface area contributed by atoms with Gasteiger partial charge in [-0.05, 0) is 12.1 Å². The van der Waals surface area contributed by atoms with Gasteiger partial charge in [0.1, 0.15) is 0 Å². The van der Waals surface area contributed by atoms with Gasteiger partial charge in [-0.2, -0.15) is 0 Å². The molecule has 0 bridgehead atoms. The Morgan fingerprint density at radius 3 is 2.64 bits per heavy atom. The summed E-state index contributed by atoms with van der Waals surface area (Å²) in [6.07, 6.45) is 0. The first-order valence-electron chi connectivity index (χ1n) is 7.37. The van der Waals surface area contributed by atoms with Gasteiger partial charge in [0.25, 0.3) is 5.69 Å². The Kier molecular flexibility index (Phi) is 4.71.